The second-order valence-electron chi connectivity index (χ2n) is 4.25. The van der Waals surface area contributed by atoms with E-state index >= 15 is 0 Å². The van der Waals surface area contributed by atoms with Crippen LogP contribution in [0.2, 0.25) is 0 Å². The molecule has 1 atom stereocenters. The monoisotopic (exact) mass is 302 g/mol. The molecule has 20 heavy (non-hydrogen) atoms. The smallest absolute Gasteiger partial charge is 0.248 e. The highest BCUT2D eigenvalue weighted by atomic mass is 35.5. The van der Waals surface area contributed by atoms with Crippen LogP contribution in [0.4, 0.5) is 5.13 Å². The van der Waals surface area contributed by atoms with Gasteiger partial charge in [-0.05, 0) is 17.7 Å². The quantitative estimate of drug-likeness (QED) is 0.736. The summed E-state index contributed by atoms with van der Waals surface area (Å²) in [6, 6.07) is 17.0. The molecule has 3 rings (SSSR count). The molecule has 0 radical (unpaired) electrons. The van der Waals surface area contributed by atoms with E-state index in [0.29, 0.717) is 5.13 Å². The number of rotatable bonds is 3. The van der Waals surface area contributed by atoms with E-state index < -0.39 is 5.38 Å². The number of benzene rings is 2. The maximum Gasteiger partial charge on any atom is 0.248 e. The first kappa shape index (κ1) is 13.1. The molecule has 0 unspecified atom stereocenters. The molecule has 5 heteroatoms. The predicted octanol–water partition coefficient (Wildman–Crippen LogP) is 4.21. The maximum absolute atomic E-state index is 12.1. The van der Waals surface area contributed by atoms with Crippen molar-refractivity contribution in [3.63, 3.8) is 0 Å². The number of hydrogen-bond donors (Lipinski definition) is 1. The maximum atomic E-state index is 12.1. The van der Waals surface area contributed by atoms with Gasteiger partial charge in [0.05, 0.1) is 10.2 Å². The van der Waals surface area contributed by atoms with Crippen molar-refractivity contribution in [1.29, 1.82) is 0 Å². The fraction of sp³-hybridized carbons (Fsp3) is 0.0667. The van der Waals surface area contributed by atoms with E-state index in [0.717, 1.165) is 15.8 Å². The van der Waals surface area contributed by atoms with Gasteiger partial charge in [-0.15, -0.1) is 11.6 Å². The summed E-state index contributed by atoms with van der Waals surface area (Å²) < 4.78 is 1.04. The lowest BCUT2D eigenvalue weighted by atomic mass is 10.1. The average molecular weight is 303 g/mol. The Hall–Kier alpha value is -1.91. The van der Waals surface area contributed by atoms with Crippen LogP contribution >= 0.6 is 22.9 Å². The Morgan fingerprint density at radius 3 is 2.55 bits per heavy atom. The summed E-state index contributed by atoms with van der Waals surface area (Å²) in [5.41, 5.74) is 1.64. The molecule has 1 amide bonds. The first-order valence-electron chi connectivity index (χ1n) is 6.09. The van der Waals surface area contributed by atoms with E-state index in [1.54, 1.807) is 0 Å². The second kappa shape index (κ2) is 5.61. The minimum absolute atomic E-state index is 0.267. The van der Waals surface area contributed by atoms with Crippen LogP contribution in [0.15, 0.2) is 54.6 Å². The van der Waals surface area contributed by atoms with E-state index in [1.165, 1.54) is 11.3 Å². The van der Waals surface area contributed by atoms with Gasteiger partial charge in [0.25, 0.3) is 0 Å². The number of anilines is 1. The molecule has 0 saturated carbocycles. The van der Waals surface area contributed by atoms with Crippen LogP contribution in [0, 0.1) is 0 Å². The Labute approximate surface area is 125 Å². The van der Waals surface area contributed by atoms with Crippen molar-refractivity contribution in [3.8, 4) is 0 Å². The molecular weight excluding hydrogens is 292 g/mol. The zero-order valence-corrected chi connectivity index (χ0v) is 12.0. The van der Waals surface area contributed by atoms with Crippen molar-refractivity contribution in [2.75, 3.05) is 5.32 Å². The third kappa shape index (κ3) is 2.66. The zero-order valence-electron chi connectivity index (χ0n) is 10.4. The zero-order chi connectivity index (χ0) is 13.9. The highest BCUT2D eigenvalue weighted by Crippen LogP contribution is 2.27. The van der Waals surface area contributed by atoms with Gasteiger partial charge in [0.2, 0.25) is 5.91 Å². The number of halogens is 1. The van der Waals surface area contributed by atoms with Gasteiger partial charge >= 0.3 is 0 Å². The normalized spacial score (nSPS) is 12.2. The Balaban J connectivity index is 1.78. The van der Waals surface area contributed by atoms with Crippen molar-refractivity contribution in [3.05, 3.63) is 60.2 Å². The van der Waals surface area contributed by atoms with Crippen molar-refractivity contribution in [2.24, 2.45) is 0 Å². The number of hydrogen-bond acceptors (Lipinski definition) is 3. The molecule has 1 heterocycles. The Morgan fingerprint density at radius 1 is 1.10 bits per heavy atom. The van der Waals surface area contributed by atoms with Crippen LogP contribution in [0.25, 0.3) is 10.2 Å². The lowest BCUT2D eigenvalue weighted by Gasteiger charge is -2.08. The fourth-order valence-electron chi connectivity index (χ4n) is 1.87. The Kier molecular flexibility index (Phi) is 3.67. The summed E-state index contributed by atoms with van der Waals surface area (Å²) in [6.45, 7) is 0. The Bertz CT molecular complexity index is 709. The summed E-state index contributed by atoms with van der Waals surface area (Å²) in [5.74, 6) is -0.267. The van der Waals surface area contributed by atoms with Gasteiger partial charge in [0.1, 0.15) is 5.38 Å². The lowest BCUT2D eigenvalue weighted by molar-refractivity contribution is -0.116. The van der Waals surface area contributed by atoms with E-state index in [9.17, 15) is 4.79 Å². The number of aromatic nitrogens is 1. The molecule has 0 aliphatic carbocycles. The van der Waals surface area contributed by atoms with E-state index in [2.05, 4.69) is 10.3 Å². The van der Waals surface area contributed by atoms with Crippen LogP contribution in [-0.4, -0.2) is 10.9 Å². The molecule has 2 aromatic carbocycles. The number of carbonyl (C=O) groups is 1. The molecule has 0 aliphatic rings. The van der Waals surface area contributed by atoms with Gasteiger partial charge in [-0.2, -0.15) is 0 Å². The van der Waals surface area contributed by atoms with Gasteiger partial charge in [-0.25, -0.2) is 4.98 Å². The molecule has 0 bridgehead atoms. The lowest BCUT2D eigenvalue weighted by Crippen LogP contribution is -2.17. The summed E-state index contributed by atoms with van der Waals surface area (Å²) in [5, 5.41) is 2.61. The van der Waals surface area contributed by atoms with E-state index in [4.69, 9.17) is 11.6 Å². The average Bonchev–Trinajstić information content (AvgIpc) is 2.89. The summed E-state index contributed by atoms with van der Waals surface area (Å²) in [6.07, 6.45) is 0. The van der Waals surface area contributed by atoms with Crippen LogP contribution in [0.1, 0.15) is 10.9 Å². The molecule has 0 fully saturated rings. The molecule has 0 aliphatic heterocycles. The number of thiazole rings is 1. The van der Waals surface area contributed by atoms with Crippen molar-refractivity contribution in [1.82, 2.24) is 4.98 Å². The van der Waals surface area contributed by atoms with Crippen LogP contribution in [0.5, 0.6) is 0 Å². The molecule has 1 N–H and O–H groups in total. The second-order valence-corrected chi connectivity index (χ2v) is 5.72. The number of fused-ring (bicyclic) bond motifs is 1. The van der Waals surface area contributed by atoms with E-state index in [1.807, 2.05) is 54.6 Å². The largest absolute Gasteiger partial charge is 0.300 e. The number of nitrogens with zero attached hydrogens (tertiary/aromatic N) is 1. The van der Waals surface area contributed by atoms with Crippen molar-refractivity contribution < 1.29 is 4.79 Å². The van der Waals surface area contributed by atoms with Gasteiger partial charge in [-0.1, -0.05) is 53.8 Å². The molecule has 3 nitrogen and oxygen atoms in total. The standard InChI is InChI=1S/C15H11ClN2OS/c16-13(10-6-2-1-3-7-10)14(19)18-15-17-11-8-4-5-9-12(11)20-15/h1-9,13H,(H,17,18,19)/t13-/m1/s1. The summed E-state index contributed by atoms with van der Waals surface area (Å²) >= 11 is 7.61. The van der Waals surface area contributed by atoms with Crippen molar-refractivity contribution in [2.45, 2.75) is 5.38 Å². The van der Waals surface area contributed by atoms with Gasteiger partial charge in [0.15, 0.2) is 5.13 Å². The number of alkyl halides is 1. The minimum atomic E-state index is -0.719. The third-order valence-corrected chi connectivity index (χ3v) is 4.25. The number of nitrogens with one attached hydrogen (secondary N) is 1. The van der Waals surface area contributed by atoms with Gasteiger partial charge in [-0.3, -0.25) is 4.79 Å². The fourth-order valence-corrected chi connectivity index (χ4v) is 2.94. The number of amides is 1. The highest BCUT2D eigenvalue weighted by Gasteiger charge is 2.18. The van der Waals surface area contributed by atoms with Gasteiger partial charge < -0.3 is 5.32 Å². The van der Waals surface area contributed by atoms with Crippen molar-refractivity contribution >= 4 is 44.2 Å². The topological polar surface area (TPSA) is 42.0 Å². The van der Waals surface area contributed by atoms with Crippen LogP contribution in [-0.2, 0) is 4.79 Å². The molecular formula is C15H11ClN2OS. The minimum Gasteiger partial charge on any atom is -0.300 e. The van der Waals surface area contributed by atoms with E-state index in [-0.39, 0.29) is 5.91 Å². The molecule has 3 aromatic rings. The molecule has 100 valence electrons. The van der Waals surface area contributed by atoms with Crippen LogP contribution < -0.4 is 5.32 Å². The number of carbonyl (C=O) groups excluding carboxylic acids is 1. The third-order valence-electron chi connectivity index (χ3n) is 2.85. The van der Waals surface area contributed by atoms with Crippen LogP contribution in [0.3, 0.4) is 0 Å². The first-order chi connectivity index (χ1) is 9.74. The summed E-state index contributed by atoms with van der Waals surface area (Å²) in [4.78, 5) is 16.5. The predicted molar refractivity (Wildman–Crippen MR) is 83.3 cm³/mol. The summed E-state index contributed by atoms with van der Waals surface area (Å²) in [7, 11) is 0. The highest BCUT2D eigenvalue weighted by molar-refractivity contribution is 7.22. The molecule has 0 spiro atoms. The Morgan fingerprint density at radius 2 is 1.80 bits per heavy atom. The SMILES string of the molecule is O=C(Nc1nc2ccccc2s1)[C@H](Cl)c1ccccc1. The first-order valence-corrected chi connectivity index (χ1v) is 7.35. The molecule has 0 saturated heterocycles. The molecule has 1 aromatic heterocycles. The van der Waals surface area contributed by atoms with Gasteiger partial charge in [0, 0.05) is 0 Å². The number of para-hydroxylation sites is 1.